The molecule has 3 N–H and O–H groups in total. The highest BCUT2D eigenvalue weighted by atomic mass is 32.2. The maximum atomic E-state index is 12.2. The number of benzene rings is 2. The van der Waals surface area contributed by atoms with Crippen LogP contribution in [0.5, 0.6) is 5.75 Å². The van der Waals surface area contributed by atoms with E-state index in [9.17, 15) is 4.79 Å². The number of hydrogen-bond donors (Lipinski definition) is 2. The van der Waals surface area contributed by atoms with Gasteiger partial charge in [-0.25, -0.2) is 4.68 Å². The van der Waals surface area contributed by atoms with Crippen molar-refractivity contribution >= 4 is 23.4 Å². The molecule has 1 aromatic heterocycles. The number of rotatable bonds is 7. The first kappa shape index (κ1) is 18.8. The molecule has 2 aromatic carbocycles. The second-order valence-corrected chi connectivity index (χ2v) is 6.73. The number of amides is 1. The lowest BCUT2D eigenvalue weighted by Crippen LogP contribution is -2.16. The van der Waals surface area contributed by atoms with Crippen molar-refractivity contribution in [2.75, 3.05) is 23.5 Å². The number of nitrogen functional groups attached to an aromatic ring is 1. The zero-order valence-corrected chi connectivity index (χ0v) is 16.0. The topological polar surface area (TPSA) is 95.1 Å². The molecule has 0 bridgehead atoms. The molecule has 140 valence electrons. The third-order valence-corrected chi connectivity index (χ3v) is 4.78. The standard InChI is InChI=1S/C19H21N5O2S/c1-3-26-15-10-8-14(9-11-15)21-17(25)12-27-19-23-22-18(24(19)20)16-7-5-4-6-13(16)2/h4-11H,3,12,20H2,1-2H3,(H,21,25). The Morgan fingerprint density at radius 2 is 1.93 bits per heavy atom. The van der Waals surface area contributed by atoms with Crippen molar-refractivity contribution in [1.82, 2.24) is 14.9 Å². The van der Waals surface area contributed by atoms with Gasteiger partial charge in [-0.05, 0) is 43.7 Å². The summed E-state index contributed by atoms with van der Waals surface area (Å²) in [5.74, 6) is 7.48. The van der Waals surface area contributed by atoms with Gasteiger partial charge in [-0.3, -0.25) is 4.79 Å². The van der Waals surface area contributed by atoms with Crippen LogP contribution < -0.4 is 15.9 Å². The number of aryl methyl sites for hydroxylation is 1. The Labute approximate surface area is 161 Å². The van der Waals surface area contributed by atoms with E-state index < -0.39 is 0 Å². The summed E-state index contributed by atoms with van der Waals surface area (Å²) >= 11 is 1.23. The lowest BCUT2D eigenvalue weighted by atomic mass is 10.1. The van der Waals surface area contributed by atoms with Crippen LogP contribution >= 0.6 is 11.8 Å². The zero-order valence-electron chi connectivity index (χ0n) is 15.2. The van der Waals surface area contributed by atoms with Gasteiger partial charge in [0.2, 0.25) is 11.1 Å². The number of nitrogens with zero attached hydrogens (tertiary/aromatic N) is 3. The van der Waals surface area contributed by atoms with Crippen LogP contribution in [0.4, 0.5) is 5.69 Å². The lowest BCUT2D eigenvalue weighted by Gasteiger charge is -2.07. The number of carbonyl (C=O) groups is 1. The molecule has 0 aliphatic rings. The zero-order chi connectivity index (χ0) is 19.2. The van der Waals surface area contributed by atoms with Gasteiger partial charge in [0.05, 0.1) is 12.4 Å². The Bertz CT molecular complexity index is 924. The summed E-state index contributed by atoms with van der Waals surface area (Å²) in [4.78, 5) is 12.2. The highest BCUT2D eigenvalue weighted by molar-refractivity contribution is 7.99. The molecule has 0 saturated heterocycles. The molecule has 0 spiro atoms. The number of carbonyl (C=O) groups excluding carboxylic acids is 1. The van der Waals surface area contributed by atoms with Gasteiger partial charge in [0.1, 0.15) is 5.75 Å². The Morgan fingerprint density at radius 1 is 1.19 bits per heavy atom. The molecule has 0 radical (unpaired) electrons. The molecule has 27 heavy (non-hydrogen) atoms. The molecule has 0 fully saturated rings. The van der Waals surface area contributed by atoms with Crippen molar-refractivity contribution in [3.8, 4) is 17.1 Å². The predicted octanol–water partition coefficient (Wildman–Crippen LogP) is 3.10. The van der Waals surface area contributed by atoms with Gasteiger partial charge in [-0.1, -0.05) is 36.0 Å². The highest BCUT2D eigenvalue weighted by Crippen LogP contribution is 2.24. The smallest absolute Gasteiger partial charge is 0.234 e. The van der Waals surface area contributed by atoms with Gasteiger partial charge in [-0.15, -0.1) is 10.2 Å². The van der Waals surface area contributed by atoms with Crippen LogP contribution in [0.15, 0.2) is 53.7 Å². The van der Waals surface area contributed by atoms with Crippen LogP contribution in [0.1, 0.15) is 12.5 Å². The molecule has 7 nitrogen and oxygen atoms in total. The van der Waals surface area contributed by atoms with E-state index >= 15 is 0 Å². The van der Waals surface area contributed by atoms with Gasteiger partial charge < -0.3 is 15.9 Å². The highest BCUT2D eigenvalue weighted by Gasteiger charge is 2.15. The van der Waals surface area contributed by atoms with Crippen LogP contribution in [0, 0.1) is 6.92 Å². The normalized spacial score (nSPS) is 10.6. The fraction of sp³-hybridized carbons (Fsp3) is 0.211. The van der Waals surface area contributed by atoms with Crippen LogP contribution in [-0.4, -0.2) is 33.1 Å². The van der Waals surface area contributed by atoms with Gasteiger partial charge in [0.15, 0.2) is 5.82 Å². The molecule has 3 rings (SSSR count). The number of ether oxygens (including phenoxy) is 1. The van der Waals surface area contributed by atoms with E-state index in [1.807, 2.05) is 50.2 Å². The molecule has 0 aliphatic heterocycles. The summed E-state index contributed by atoms with van der Waals surface area (Å²) in [6.07, 6.45) is 0. The molecular weight excluding hydrogens is 362 g/mol. The van der Waals surface area contributed by atoms with Crippen molar-refractivity contribution in [2.24, 2.45) is 0 Å². The van der Waals surface area contributed by atoms with Crippen molar-refractivity contribution in [3.05, 3.63) is 54.1 Å². The number of hydrogen-bond acceptors (Lipinski definition) is 6. The minimum absolute atomic E-state index is 0.149. The molecule has 0 atom stereocenters. The van der Waals surface area contributed by atoms with Gasteiger partial charge >= 0.3 is 0 Å². The number of anilines is 1. The third kappa shape index (κ3) is 4.59. The number of nitrogens with one attached hydrogen (secondary N) is 1. The minimum atomic E-state index is -0.149. The molecule has 0 unspecified atom stereocenters. The van der Waals surface area contributed by atoms with E-state index in [1.165, 1.54) is 16.4 Å². The van der Waals surface area contributed by atoms with Gasteiger partial charge in [0, 0.05) is 11.3 Å². The number of thioether (sulfide) groups is 1. The van der Waals surface area contributed by atoms with E-state index in [-0.39, 0.29) is 11.7 Å². The average molecular weight is 383 g/mol. The second-order valence-electron chi connectivity index (χ2n) is 5.79. The summed E-state index contributed by atoms with van der Waals surface area (Å²) in [5, 5.41) is 11.6. The third-order valence-electron chi connectivity index (χ3n) is 3.83. The van der Waals surface area contributed by atoms with Crippen molar-refractivity contribution in [2.45, 2.75) is 19.0 Å². The van der Waals surface area contributed by atoms with Crippen LogP contribution in [-0.2, 0) is 4.79 Å². The van der Waals surface area contributed by atoms with Gasteiger partial charge in [0.25, 0.3) is 0 Å². The van der Waals surface area contributed by atoms with Crippen LogP contribution in [0.3, 0.4) is 0 Å². The van der Waals surface area contributed by atoms with E-state index in [0.717, 1.165) is 16.9 Å². The Kier molecular flexibility index (Phi) is 5.97. The first-order valence-corrected chi connectivity index (χ1v) is 9.49. The summed E-state index contributed by atoms with van der Waals surface area (Å²) in [7, 11) is 0. The van der Waals surface area contributed by atoms with Gasteiger partial charge in [-0.2, -0.15) is 0 Å². The van der Waals surface area contributed by atoms with E-state index in [4.69, 9.17) is 10.6 Å². The summed E-state index contributed by atoms with van der Waals surface area (Å²) in [6.45, 7) is 4.52. The molecular formula is C19H21N5O2S. The number of aromatic nitrogens is 3. The maximum Gasteiger partial charge on any atom is 0.234 e. The summed E-state index contributed by atoms with van der Waals surface area (Å²) in [5.41, 5.74) is 2.68. The summed E-state index contributed by atoms with van der Waals surface area (Å²) in [6, 6.07) is 15.0. The van der Waals surface area contributed by atoms with Crippen molar-refractivity contribution in [3.63, 3.8) is 0 Å². The average Bonchev–Trinajstić information content (AvgIpc) is 3.03. The van der Waals surface area contributed by atoms with Crippen molar-refractivity contribution < 1.29 is 9.53 Å². The molecule has 1 heterocycles. The predicted molar refractivity (Wildman–Crippen MR) is 107 cm³/mol. The molecule has 0 aliphatic carbocycles. The van der Waals surface area contributed by atoms with Crippen molar-refractivity contribution in [1.29, 1.82) is 0 Å². The Balaban J connectivity index is 1.60. The first-order valence-electron chi connectivity index (χ1n) is 8.50. The largest absolute Gasteiger partial charge is 0.494 e. The van der Waals surface area contributed by atoms with Crippen LogP contribution in [0.2, 0.25) is 0 Å². The summed E-state index contributed by atoms with van der Waals surface area (Å²) < 4.78 is 6.80. The lowest BCUT2D eigenvalue weighted by molar-refractivity contribution is -0.113. The molecule has 0 saturated carbocycles. The Hall–Kier alpha value is -3.00. The maximum absolute atomic E-state index is 12.2. The molecule has 8 heteroatoms. The SMILES string of the molecule is CCOc1ccc(NC(=O)CSc2nnc(-c3ccccc3C)n2N)cc1. The Morgan fingerprint density at radius 3 is 2.63 bits per heavy atom. The van der Waals surface area contributed by atoms with Crippen LogP contribution in [0.25, 0.3) is 11.4 Å². The quantitative estimate of drug-likeness (QED) is 0.481. The first-order chi connectivity index (χ1) is 13.1. The van der Waals surface area contributed by atoms with E-state index in [1.54, 1.807) is 12.1 Å². The fourth-order valence-electron chi connectivity index (χ4n) is 2.51. The van der Waals surface area contributed by atoms with E-state index in [0.29, 0.717) is 23.3 Å². The number of nitrogens with two attached hydrogens (primary N) is 1. The second kappa shape index (κ2) is 8.59. The van der Waals surface area contributed by atoms with E-state index in [2.05, 4.69) is 15.5 Å². The minimum Gasteiger partial charge on any atom is -0.494 e. The molecule has 1 amide bonds. The molecule has 3 aromatic rings. The monoisotopic (exact) mass is 383 g/mol. The fourth-order valence-corrected chi connectivity index (χ4v) is 3.17.